The number of nitrogens with one attached hydrogen (secondary N) is 4. The molecule has 2 aromatic heterocycles. The summed E-state index contributed by atoms with van der Waals surface area (Å²) in [7, 11) is 2.05. The second kappa shape index (κ2) is 6.64. The average molecular weight is 352 g/mol. The molecule has 0 aliphatic carbocycles. The van der Waals surface area contributed by atoms with E-state index in [1.165, 1.54) is 6.20 Å². The van der Waals surface area contributed by atoms with Crippen molar-refractivity contribution in [3.05, 3.63) is 47.9 Å². The molecule has 0 unspecified atom stereocenters. The Kier molecular flexibility index (Phi) is 4.18. The number of rotatable bonds is 5. The zero-order valence-corrected chi connectivity index (χ0v) is 14.4. The van der Waals surface area contributed by atoms with Gasteiger partial charge in [0.1, 0.15) is 11.4 Å². The van der Waals surface area contributed by atoms with E-state index in [1.54, 1.807) is 6.07 Å². The highest BCUT2D eigenvalue weighted by Gasteiger charge is 2.24. The molecule has 134 valence electrons. The van der Waals surface area contributed by atoms with Crippen molar-refractivity contribution < 1.29 is 9.59 Å². The molecule has 1 saturated heterocycles. The molecule has 4 N–H and O–H groups in total. The number of hydrogen-bond donors (Lipinski definition) is 4. The van der Waals surface area contributed by atoms with Crippen LogP contribution in [0.5, 0.6) is 0 Å². The first kappa shape index (κ1) is 16.3. The van der Waals surface area contributed by atoms with Gasteiger partial charge in [-0.15, -0.1) is 0 Å². The summed E-state index contributed by atoms with van der Waals surface area (Å²) in [6.45, 7) is 2.57. The van der Waals surface area contributed by atoms with Gasteiger partial charge in [-0.05, 0) is 19.2 Å². The number of carbonyl (C=O) groups is 2. The number of carbonyl (C=O) groups excluding carboxylic acids is 2. The molecule has 2 amide bonds. The topological polar surface area (TPSA) is 106 Å². The van der Waals surface area contributed by atoms with Crippen molar-refractivity contribution in [2.75, 3.05) is 32.0 Å². The molecule has 1 fully saturated rings. The van der Waals surface area contributed by atoms with Crippen LogP contribution in [0.3, 0.4) is 0 Å². The molecule has 4 rings (SSSR count). The number of benzene rings is 1. The van der Waals surface area contributed by atoms with E-state index >= 15 is 0 Å². The van der Waals surface area contributed by atoms with Crippen LogP contribution in [0.15, 0.2) is 36.5 Å². The molecule has 1 aliphatic heterocycles. The van der Waals surface area contributed by atoms with Crippen LogP contribution in [0.1, 0.15) is 21.0 Å². The molecule has 0 atom stereocenters. The molecule has 3 aromatic rings. The molecular formula is C18H20N6O2. The molecule has 0 spiro atoms. The van der Waals surface area contributed by atoms with Gasteiger partial charge in [-0.1, -0.05) is 18.2 Å². The summed E-state index contributed by atoms with van der Waals surface area (Å²) in [6, 6.07) is 9.42. The smallest absolute Gasteiger partial charge is 0.272 e. The fourth-order valence-electron chi connectivity index (χ4n) is 3.22. The average Bonchev–Trinajstić information content (AvgIpc) is 3.23. The van der Waals surface area contributed by atoms with Crippen molar-refractivity contribution in [2.24, 2.45) is 5.92 Å². The van der Waals surface area contributed by atoms with Gasteiger partial charge in [0, 0.05) is 36.5 Å². The van der Waals surface area contributed by atoms with E-state index in [9.17, 15) is 9.59 Å². The van der Waals surface area contributed by atoms with E-state index < -0.39 is 0 Å². The van der Waals surface area contributed by atoms with Gasteiger partial charge in [-0.25, -0.2) is 0 Å². The lowest BCUT2D eigenvalue weighted by Gasteiger charge is -2.36. The Morgan fingerprint density at radius 3 is 2.85 bits per heavy atom. The number of aromatic amines is 2. The lowest BCUT2D eigenvalue weighted by Crippen LogP contribution is -2.49. The third-order valence-corrected chi connectivity index (χ3v) is 4.58. The number of aromatic nitrogens is 3. The predicted molar refractivity (Wildman–Crippen MR) is 98.2 cm³/mol. The third kappa shape index (κ3) is 3.18. The molecule has 26 heavy (non-hydrogen) atoms. The van der Waals surface area contributed by atoms with Gasteiger partial charge < -0.3 is 20.5 Å². The maximum absolute atomic E-state index is 12.5. The summed E-state index contributed by atoms with van der Waals surface area (Å²) >= 11 is 0. The SMILES string of the molecule is CN1CC(CNC(=O)c2[nH]ncc2NC(=O)c2cc3ccccc3[nH]2)C1. The number of amides is 2. The van der Waals surface area contributed by atoms with Gasteiger partial charge >= 0.3 is 0 Å². The maximum atomic E-state index is 12.5. The summed E-state index contributed by atoms with van der Waals surface area (Å²) in [5.74, 6) is -0.127. The van der Waals surface area contributed by atoms with Crippen molar-refractivity contribution >= 4 is 28.4 Å². The molecule has 1 aliphatic rings. The van der Waals surface area contributed by atoms with E-state index in [0.717, 1.165) is 24.0 Å². The van der Waals surface area contributed by atoms with Crippen LogP contribution in [0, 0.1) is 5.92 Å². The number of fused-ring (bicyclic) bond motifs is 1. The quantitative estimate of drug-likeness (QED) is 0.557. The highest BCUT2D eigenvalue weighted by molar-refractivity contribution is 6.09. The highest BCUT2D eigenvalue weighted by Crippen LogP contribution is 2.18. The summed E-state index contributed by atoms with van der Waals surface area (Å²) < 4.78 is 0. The summed E-state index contributed by atoms with van der Waals surface area (Å²) in [6.07, 6.45) is 1.44. The molecule has 8 heteroatoms. The number of likely N-dealkylation sites (tertiary alicyclic amines) is 1. The summed E-state index contributed by atoms with van der Waals surface area (Å²) in [5.41, 5.74) is 1.92. The first-order chi connectivity index (χ1) is 12.6. The zero-order chi connectivity index (χ0) is 18.1. The van der Waals surface area contributed by atoms with Crippen LogP contribution in [0.4, 0.5) is 5.69 Å². The second-order valence-electron chi connectivity index (χ2n) is 6.68. The van der Waals surface area contributed by atoms with Crippen LogP contribution in [0.2, 0.25) is 0 Å². The van der Waals surface area contributed by atoms with Gasteiger partial charge in [-0.3, -0.25) is 14.7 Å². The third-order valence-electron chi connectivity index (χ3n) is 4.58. The fourth-order valence-corrected chi connectivity index (χ4v) is 3.22. The highest BCUT2D eigenvalue weighted by atomic mass is 16.2. The van der Waals surface area contributed by atoms with Crippen LogP contribution in [-0.4, -0.2) is 58.6 Å². The Labute approximate surface area is 150 Å². The van der Waals surface area contributed by atoms with Crippen molar-refractivity contribution in [2.45, 2.75) is 0 Å². The largest absolute Gasteiger partial charge is 0.351 e. The van der Waals surface area contributed by atoms with Gasteiger partial charge in [0.25, 0.3) is 11.8 Å². The lowest BCUT2D eigenvalue weighted by atomic mass is 10.0. The number of nitrogens with zero attached hydrogens (tertiary/aromatic N) is 2. The van der Waals surface area contributed by atoms with Gasteiger partial charge in [0.2, 0.25) is 0 Å². The van der Waals surface area contributed by atoms with Gasteiger partial charge in [0.05, 0.1) is 11.9 Å². The van der Waals surface area contributed by atoms with E-state index in [1.807, 2.05) is 31.3 Å². The molecular weight excluding hydrogens is 332 g/mol. The Balaban J connectivity index is 1.42. The van der Waals surface area contributed by atoms with Crippen molar-refractivity contribution in [3.63, 3.8) is 0 Å². The van der Waals surface area contributed by atoms with Crippen molar-refractivity contribution in [3.8, 4) is 0 Å². The fraction of sp³-hybridized carbons (Fsp3) is 0.278. The Morgan fingerprint density at radius 2 is 2.08 bits per heavy atom. The van der Waals surface area contributed by atoms with Gasteiger partial charge in [-0.2, -0.15) is 5.10 Å². The first-order valence-electron chi connectivity index (χ1n) is 8.49. The number of anilines is 1. The number of para-hydroxylation sites is 1. The summed E-state index contributed by atoms with van der Waals surface area (Å²) in [4.78, 5) is 30.1. The normalized spacial score (nSPS) is 15.0. The van der Waals surface area contributed by atoms with E-state index in [4.69, 9.17) is 0 Å². The molecule has 8 nitrogen and oxygen atoms in total. The second-order valence-corrected chi connectivity index (χ2v) is 6.68. The van der Waals surface area contributed by atoms with Crippen LogP contribution in [0.25, 0.3) is 10.9 Å². The Hall–Kier alpha value is -3.13. The molecule has 3 heterocycles. The standard InChI is InChI=1S/C18H20N6O2/c1-24-9-11(10-24)7-19-18(26)16-15(8-20-23-16)22-17(25)14-6-12-4-2-3-5-13(12)21-14/h2-6,8,11,21H,7,9-10H2,1H3,(H,19,26)(H,20,23)(H,22,25). The minimum Gasteiger partial charge on any atom is -0.351 e. The molecule has 1 aromatic carbocycles. The number of hydrogen-bond acceptors (Lipinski definition) is 4. The number of H-pyrrole nitrogens is 2. The van der Waals surface area contributed by atoms with Gasteiger partial charge in [0.15, 0.2) is 0 Å². The Bertz CT molecular complexity index is 920. The minimum absolute atomic E-state index is 0.252. The van der Waals surface area contributed by atoms with E-state index in [0.29, 0.717) is 23.8 Å². The van der Waals surface area contributed by atoms with Crippen molar-refractivity contribution in [1.82, 2.24) is 25.4 Å². The van der Waals surface area contributed by atoms with Crippen LogP contribution < -0.4 is 10.6 Å². The van der Waals surface area contributed by atoms with Crippen LogP contribution >= 0.6 is 0 Å². The van der Waals surface area contributed by atoms with Crippen molar-refractivity contribution in [1.29, 1.82) is 0 Å². The minimum atomic E-state index is -0.322. The Morgan fingerprint density at radius 1 is 1.27 bits per heavy atom. The monoisotopic (exact) mass is 352 g/mol. The summed E-state index contributed by atoms with van der Waals surface area (Å²) in [5, 5.41) is 13.1. The molecule has 0 saturated carbocycles. The molecule has 0 radical (unpaired) electrons. The van der Waals surface area contributed by atoms with E-state index in [-0.39, 0.29) is 17.5 Å². The predicted octanol–water partition coefficient (Wildman–Crippen LogP) is 1.43. The zero-order valence-electron chi connectivity index (χ0n) is 14.4. The maximum Gasteiger partial charge on any atom is 0.272 e. The lowest BCUT2D eigenvalue weighted by molar-refractivity contribution is 0.0894. The first-order valence-corrected chi connectivity index (χ1v) is 8.49. The van der Waals surface area contributed by atoms with E-state index in [2.05, 4.69) is 30.7 Å². The molecule has 0 bridgehead atoms. The van der Waals surface area contributed by atoms with Crippen LogP contribution in [-0.2, 0) is 0 Å².